The van der Waals surface area contributed by atoms with E-state index >= 15 is 0 Å². The first-order valence-corrected chi connectivity index (χ1v) is 11.9. The molecule has 0 aliphatic rings. The molecule has 0 atom stereocenters. The molecule has 4 N–H and O–H groups in total. The number of unbranched alkanes of at least 4 members (excludes halogenated alkanes) is 1. The maximum Gasteiger partial charge on any atom is 0.251 e. The lowest BCUT2D eigenvalue weighted by Crippen LogP contribution is -2.27. The first-order chi connectivity index (χ1) is 16.8. The third kappa shape index (κ3) is 8.89. The molecule has 0 unspecified atom stereocenters. The molecule has 0 aromatic heterocycles. The molecule has 0 aliphatic heterocycles. The van der Waals surface area contributed by atoms with E-state index in [1.54, 1.807) is 18.2 Å². The van der Waals surface area contributed by atoms with Gasteiger partial charge >= 0.3 is 0 Å². The molecular formula is C28H35N3O3. The van der Waals surface area contributed by atoms with E-state index in [-0.39, 0.29) is 5.91 Å². The van der Waals surface area contributed by atoms with Gasteiger partial charge in [0.2, 0.25) is 0 Å². The Bertz CT molecular complexity index is 981. The monoisotopic (exact) mass is 461 g/mol. The fourth-order valence-electron chi connectivity index (χ4n) is 3.39. The molecule has 180 valence electrons. The van der Waals surface area contributed by atoms with E-state index in [2.05, 4.69) is 10.6 Å². The Morgan fingerprint density at radius 3 is 1.97 bits per heavy atom. The fourth-order valence-corrected chi connectivity index (χ4v) is 3.39. The molecule has 0 fully saturated rings. The van der Waals surface area contributed by atoms with Gasteiger partial charge in [0.15, 0.2) is 11.5 Å². The van der Waals surface area contributed by atoms with E-state index in [1.807, 2.05) is 60.7 Å². The van der Waals surface area contributed by atoms with Crippen LogP contribution in [-0.2, 0) is 13.2 Å². The molecule has 0 radical (unpaired) electrons. The summed E-state index contributed by atoms with van der Waals surface area (Å²) in [6.45, 7) is 3.97. The normalized spacial score (nSPS) is 10.6. The minimum Gasteiger partial charge on any atom is -0.485 e. The summed E-state index contributed by atoms with van der Waals surface area (Å²) < 4.78 is 12.1. The molecule has 6 heteroatoms. The molecule has 0 bridgehead atoms. The zero-order valence-corrected chi connectivity index (χ0v) is 19.7. The maximum atomic E-state index is 12.7. The Balaban J connectivity index is 1.57. The van der Waals surface area contributed by atoms with E-state index < -0.39 is 0 Å². The van der Waals surface area contributed by atoms with Crippen molar-refractivity contribution >= 4 is 5.91 Å². The van der Waals surface area contributed by atoms with Crippen LogP contribution >= 0.6 is 0 Å². The number of rotatable bonds is 15. The van der Waals surface area contributed by atoms with Crippen molar-refractivity contribution in [2.24, 2.45) is 5.73 Å². The number of carbonyl (C=O) groups excluding carboxylic acids is 1. The number of benzene rings is 3. The Morgan fingerprint density at radius 1 is 0.706 bits per heavy atom. The van der Waals surface area contributed by atoms with Gasteiger partial charge in [-0.25, -0.2) is 0 Å². The van der Waals surface area contributed by atoms with Crippen LogP contribution in [0.2, 0.25) is 0 Å². The van der Waals surface area contributed by atoms with Crippen LogP contribution in [0.4, 0.5) is 0 Å². The molecule has 0 heterocycles. The molecule has 0 aliphatic carbocycles. The van der Waals surface area contributed by atoms with Crippen molar-refractivity contribution in [3.8, 4) is 11.5 Å². The highest BCUT2D eigenvalue weighted by Gasteiger charge is 2.12. The zero-order chi connectivity index (χ0) is 23.8. The molecule has 0 saturated carbocycles. The maximum absolute atomic E-state index is 12.7. The third-order valence-electron chi connectivity index (χ3n) is 5.30. The number of hydrogen-bond donors (Lipinski definition) is 3. The smallest absolute Gasteiger partial charge is 0.251 e. The summed E-state index contributed by atoms with van der Waals surface area (Å²) in [6.07, 6.45) is 2.97. The van der Waals surface area contributed by atoms with E-state index in [1.165, 1.54) is 0 Å². The molecule has 0 spiro atoms. The molecule has 6 nitrogen and oxygen atoms in total. The van der Waals surface area contributed by atoms with Crippen molar-refractivity contribution in [2.75, 3.05) is 26.2 Å². The molecule has 1 amide bonds. The number of ether oxygens (including phenoxy) is 2. The van der Waals surface area contributed by atoms with Gasteiger partial charge in [0.25, 0.3) is 5.91 Å². The van der Waals surface area contributed by atoms with E-state index in [9.17, 15) is 4.79 Å². The quantitative estimate of drug-likeness (QED) is 0.294. The van der Waals surface area contributed by atoms with Crippen molar-refractivity contribution in [1.29, 1.82) is 0 Å². The lowest BCUT2D eigenvalue weighted by Gasteiger charge is -2.15. The van der Waals surface area contributed by atoms with Crippen LogP contribution in [0.25, 0.3) is 0 Å². The molecular weight excluding hydrogens is 426 g/mol. The van der Waals surface area contributed by atoms with Gasteiger partial charge in [0.05, 0.1) is 0 Å². The highest BCUT2D eigenvalue weighted by molar-refractivity contribution is 5.94. The second-order valence-electron chi connectivity index (χ2n) is 8.07. The number of carbonyl (C=O) groups is 1. The van der Waals surface area contributed by atoms with Gasteiger partial charge in [0, 0.05) is 12.1 Å². The van der Waals surface area contributed by atoms with Crippen molar-refractivity contribution in [3.63, 3.8) is 0 Å². The largest absolute Gasteiger partial charge is 0.485 e. The van der Waals surface area contributed by atoms with Gasteiger partial charge in [0.1, 0.15) is 13.2 Å². The summed E-state index contributed by atoms with van der Waals surface area (Å²) in [5.41, 5.74) is 8.16. The average molecular weight is 462 g/mol. The van der Waals surface area contributed by atoms with Gasteiger partial charge in [-0.3, -0.25) is 4.79 Å². The van der Waals surface area contributed by atoms with Crippen LogP contribution in [0.15, 0.2) is 78.9 Å². The lowest BCUT2D eigenvalue weighted by atomic mass is 10.1. The van der Waals surface area contributed by atoms with Gasteiger partial charge in [-0.2, -0.15) is 0 Å². The van der Waals surface area contributed by atoms with Crippen LogP contribution in [-0.4, -0.2) is 32.1 Å². The minimum atomic E-state index is -0.123. The second kappa shape index (κ2) is 14.7. The third-order valence-corrected chi connectivity index (χ3v) is 5.30. The van der Waals surface area contributed by atoms with Crippen LogP contribution in [0.5, 0.6) is 11.5 Å². The zero-order valence-electron chi connectivity index (χ0n) is 19.7. The van der Waals surface area contributed by atoms with E-state index in [0.29, 0.717) is 36.8 Å². The van der Waals surface area contributed by atoms with Crippen molar-refractivity contribution in [2.45, 2.75) is 32.5 Å². The fraction of sp³-hybridized carbons (Fsp3) is 0.321. The molecule has 3 rings (SSSR count). The second-order valence-corrected chi connectivity index (χ2v) is 8.07. The molecule has 0 saturated heterocycles. The number of nitrogens with one attached hydrogen (secondary N) is 2. The summed E-state index contributed by atoms with van der Waals surface area (Å²) in [7, 11) is 0. The van der Waals surface area contributed by atoms with Gasteiger partial charge in [-0.15, -0.1) is 0 Å². The highest BCUT2D eigenvalue weighted by atomic mass is 16.5. The molecule has 3 aromatic rings. The van der Waals surface area contributed by atoms with Crippen molar-refractivity contribution < 1.29 is 14.3 Å². The standard InChI is InChI=1S/C28H35N3O3/c29-16-7-8-17-30-18-9-19-31-28(32)25-14-15-26(33-21-23-10-3-1-4-11-23)27(20-25)34-22-24-12-5-2-6-13-24/h1-6,10-15,20,30H,7-9,16-19,21-22,29H2,(H,31,32). The number of hydrogen-bond acceptors (Lipinski definition) is 5. The van der Waals surface area contributed by atoms with Crippen molar-refractivity contribution in [1.82, 2.24) is 10.6 Å². The minimum absolute atomic E-state index is 0.123. The Labute approximate surface area is 202 Å². The predicted octanol–water partition coefficient (Wildman–Crippen LogP) is 4.29. The van der Waals surface area contributed by atoms with Crippen LogP contribution < -0.4 is 25.8 Å². The number of amides is 1. The average Bonchev–Trinajstić information content (AvgIpc) is 2.89. The lowest BCUT2D eigenvalue weighted by molar-refractivity contribution is 0.0952. The van der Waals surface area contributed by atoms with Gasteiger partial charge < -0.3 is 25.8 Å². The summed E-state index contributed by atoms with van der Waals surface area (Å²) in [5, 5.41) is 6.35. The summed E-state index contributed by atoms with van der Waals surface area (Å²) in [4.78, 5) is 12.7. The summed E-state index contributed by atoms with van der Waals surface area (Å²) >= 11 is 0. The SMILES string of the molecule is NCCCCNCCCNC(=O)c1ccc(OCc2ccccc2)c(OCc2ccccc2)c1. The van der Waals surface area contributed by atoms with E-state index in [4.69, 9.17) is 15.2 Å². The van der Waals surface area contributed by atoms with Crippen LogP contribution in [0.1, 0.15) is 40.7 Å². The van der Waals surface area contributed by atoms with Gasteiger partial charge in [-0.05, 0) is 68.2 Å². The molecule has 34 heavy (non-hydrogen) atoms. The Kier molecular flexibility index (Phi) is 10.9. The first kappa shape index (κ1) is 25.3. The van der Waals surface area contributed by atoms with Crippen LogP contribution in [0, 0.1) is 0 Å². The number of nitrogens with two attached hydrogens (primary N) is 1. The summed E-state index contributed by atoms with van der Waals surface area (Å²) in [6, 6.07) is 25.2. The predicted molar refractivity (Wildman–Crippen MR) is 136 cm³/mol. The molecule has 3 aromatic carbocycles. The Morgan fingerprint density at radius 2 is 1.32 bits per heavy atom. The summed E-state index contributed by atoms with van der Waals surface area (Å²) in [5.74, 6) is 1.04. The van der Waals surface area contributed by atoms with Gasteiger partial charge in [-0.1, -0.05) is 60.7 Å². The van der Waals surface area contributed by atoms with Crippen molar-refractivity contribution in [3.05, 3.63) is 95.6 Å². The first-order valence-electron chi connectivity index (χ1n) is 11.9. The van der Waals surface area contributed by atoms with E-state index in [0.717, 1.165) is 50.0 Å². The topological polar surface area (TPSA) is 85.6 Å². The van der Waals surface area contributed by atoms with Crippen LogP contribution in [0.3, 0.4) is 0 Å². The highest BCUT2D eigenvalue weighted by Crippen LogP contribution is 2.30. The Hall–Kier alpha value is -3.35.